The maximum Gasteiger partial charge on any atom is -0.000806 e. The molecule has 0 N–H and O–H groups in total. The van der Waals surface area contributed by atoms with Gasteiger partial charge in [0.15, 0.2) is 0 Å². The molecular weight excluding hydrogens is 264 g/mol. The molecule has 0 aliphatic heterocycles. The van der Waals surface area contributed by atoms with E-state index in [0.717, 1.165) is 0 Å². The van der Waals surface area contributed by atoms with Crippen LogP contribution in [0.4, 0.5) is 0 Å². The summed E-state index contributed by atoms with van der Waals surface area (Å²) in [6, 6.07) is 27.8. The summed E-state index contributed by atoms with van der Waals surface area (Å²) in [4.78, 5) is 0. The molecule has 1 aliphatic rings. The van der Waals surface area contributed by atoms with Gasteiger partial charge in [-0.25, -0.2) is 0 Å². The van der Waals surface area contributed by atoms with E-state index in [2.05, 4.69) is 72.8 Å². The highest BCUT2D eigenvalue weighted by Gasteiger charge is 2.23. The first-order valence-electron chi connectivity index (χ1n) is 7.64. The summed E-state index contributed by atoms with van der Waals surface area (Å²) in [6.07, 6.45) is 0. The van der Waals surface area contributed by atoms with Gasteiger partial charge in [-0.2, -0.15) is 0 Å². The highest BCUT2D eigenvalue weighted by molar-refractivity contribution is 6.31. The van der Waals surface area contributed by atoms with Crippen molar-refractivity contribution in [2.45, 2.75) is 0 Å². The maximum absolute atomic E-state index is 3.50. The van der Waals surface area contributed by atoms with Crippen LogP contribution in [0.3, 0.4) is 0 Å². The topological polar surface area (TPSA) is 0 Å². The number of fused-ring (bicyclic) bond motifs is 3. The Labute approximate surface area is 128 Å². The molecule has 0 amide bonds. The van der Waals surface area contributed by atoms with Crippen molar-refractivity contribution in [3.05, 3.63) is 72.8 Å². The van der Waals surface area contributed by atoms with Gasteiger partial charge in [-0.05, 0) is 72.8 Å². The molecule has 22 heavy (non-hydrogen) atoms. The Morgan fingerprint density at radius 3 is 2.27 bits per heavy atom. The molecular formula is C22H11. The monoisotopic (exact) mass is 275 g/mol. The molecule has 0 saturated heterocycles. The zero-order chi connectivity index (χ0) is 14.3. The standard InChI is InChI=1S/C22H11/c1-2-7-17-16(6-1)18-11-10-14-9-8-13-4-3-5-15-12-19(17)22(18)21(14)20(13)15/h1-9,11-12H. The SMILES string of the molecule is [c]1cc2c3c(cc4cccc5ccc1c3c54)-c1ccccc1-2. The van der Waals surface area contributed by atoms with Crippen LogP contribution in [0.15, 0.2) is 66.7 Å². The number of hydrogen-bond acceptors (Lipinski definition) is 0. The fourth-order valence-corrected chi connectivity index (χ4v) is 4.15. The van der Waals surface area contributed by atoms with Gasteiger partial charge in [-0.15, -0.1) is 0 Å². The summed E-state index contributed by atoms with van der Waals surface area (Å²) in [5.41, 5.74) is 5.39. The molecule has 1 radical (unpaired) electrons. The largest absolute Gasteiger partial charge is 0.0616 e. The zero-order valence-corrected chi connectivity index (χ0v) is 11.9. The van der Waals surface area contributed by atoms with Gasteiger partial charge in [0, 0.05) is 0 Å². The minimum atomic E-state index is 1.22. The predicted octanol–water partition coefficient (Wildman–Crippen LogP) is 6.03. The molecule has 0 heterocycles. The number of benzene rings is 5. The van der Waals surface area contributed by atoms with Gasteiger partial charge >= 0.3 is 0 Å². The van der Waals surface area contributed by atoms with Crippen molar-refractivity contribution in [1.82, 2.24) is 0 Å². The highest BCUT2D eigenvalue weighted by atomic mass is 14.3. The lowest BCUT2D eigenvalue weighted by Crippen LogP contribution is -1.85. The molecule has 0 heteroatoms. The quantitative estimate of drug-likeness (QED) is 0.297. The maximum atomic E-state index is 3.50. The molecule has 0 spiro atoms. The molecule has 0 aromatic heterocycles. The Morgan fingerprint density at radius 2 is 1.36 bits per heavy atom. The Morgan fingerprint density at radius 1 is 0.545 bits per heavy atom. The van der Waals surface area contributed by atoms with E-state index in [-0.39, 0.29) is 0 Å². The van der Waals surface area contributed by atoms with Crippen LogP contribution in [0, 0.1) is 6.07 Å². The van der Waals surface area contributed by atoms with Gasteiger partial charge in [0.05, 0.1) is 0 Å². The lowest BCUT2D eigenvalue weighted by atomic mass is 9.91. The summed E-state index contributed by atoms with van der Waals surface area (Å²) in [6.45, 7) is 0. The molecule has 99 valence electrons. The molecule has 0 fully saturated rings. The average Bonchev–Trinajstić information content (AvgIpc) is 2.90. The van der Waals surface area contributed by atoms with Crippen molar-refractivity contribution in [3.63, 3.8) is 0 Å². The molecule has 1 aliphatic carbocycles. The molecule has 0 saturated carbocycles. The van der Waals surface area contributed by atoms with Gasteiger partial charge in [-0.1, -0.05) is 54.6 Å². The van der Waals surface area contributed by atoms with Gasteiger partial charge < -0.3 is 0 Å². The summed E-state index contributed by atoms with van der Waals surface area (Å²) in [5.74, 6) is 0. The van der Waals surface area contributed by atoms with E-state index >= 15 is 0 Å². The summed E-state index contributed by atoms with van der Waals surface area (Å²) in [7, 11) is 0. The fraction of sp³-hybridized carbons (Fsp3) is 0. The van der Waals surface area contributed by atoms with E-state index in [1.807, 2.05) is 0 Å². The predicted molar refractivity (Wildman–Crippen MR) is 93.4 cm³/mol. The van der Waals surface area contributed by atoms with Crippen molar-refractivity contribution in [2.75, 3.05) is 0 Å². The third-order valence-corrected chi connectivity index (χ3v) is 5.05. The average molecular weight is 275 g/mol. The van der Waals surface area contributed by atoms with E-state index in [1.54, 1.807) is 0 Å². The molecule has 6 rings (SSSR count). The van der Waals surface area contributed by atoms with Gasteiger partial charge in [-0.3, -0.25) is 0 Å². The second-order valence-corrected chi connectivity index (χ2v) is 6.11. The van der Waals surface area contributed by atoms with Crippen LogP contribution in [0.1, 0.15) is 0 Å². The fourth-order valence-electron chi connectivity index (χ4n) is 4.15. The second-order valence-electron chi connectivity index (χ2n) is 6.11. The Bertz CT molecular complexity index is 1210. The van der Waals surface area contributed by atoms with Crippen LogP contribution in [0.2, 0.25) is 0 Å². The Hall–Kier alpha value is -2.86. The number of rotatable bonds is 0. The first kappa shape index (κ1) is 10.8. The first-order chi connectivity index (χ1) is 10.9. The smallest absolute Gasteiger partial charge is 0.000806 e. The first-order valence-corrected chi connectivity index (χ1v) is 7.64. The van der Waals surface area contributed by atoms with Crippen LogP contribution in [0.25, 0.3) is 54.6 Å². The van der Waals surface area contributed by atoms with Crippen molar-refractivity contribution in [2.24, 2.45) is 0 Å². The van der Waals surface area contributed by atoms with Crippen LogP contribution >= 0.6 is 0 Å². The van der Waals surface area contributed by atoms with Gasteiger partial charge in [0.2, 0.25) is 0 Å². The highest BCUT2D eigenvalue weighted by Crippen LogP contribution is 2.51. The van der Waals surface area contributed by atoms with Gasteiger partial charge in [0.25, 0.3) is 0 Å². The third-order valence-electron chi connectivity index (χ3n) is 5.05. The van der Waals surface area contributed by atoms with Crippen molar-refractivity contribution >= 4 is 32.3 Å². The van der Waals surface area contributed by atoms with E-state index in [0.29, 0.717) is 0 Å². The molecule has 5 aromatic rings. The minimum Gasteiger partial charge on any atom is -0.0616 e. The van der Waals surface area contributed by atoms with E-state index in [4.69, 9.17) is 0 Å². The normalized spacial score (nSPS) is 12.5. The molecule has 0 bridgehead atoms. The van der Waals surface area contributed by atoms with Crippen LogP contribution in [-0.4, -0.2) is 0 Å². The van der Waals surface area contributed by atoms with E-state index in [9.17, 15) is 0 Å². The molecule has 0 atom stereocenters. The molecule has 0 unspecified atom stereocenters. The van der Waals surface area contributed by atoms with Crippen LogP contribution in [0.5, 0.6) is 0 Å². The molecule has 5 aromatic carbocycles. The van der Waals surface area contributed by atoms with Crippen molar-refractivity contribution in [3.8, 4) is 22.3 Å². The third kappa shape index (κ3) is 1.09. The van der Waals surface area contributed by atoms with Crippen LogP contribution in [-0.2, 0) is 0 Å². The Balaban J connectivity index is 2.03. The number of hydrogen-bond donors (Lipinski definition) is 0. The summed E-state index contributed by atoms with van der Waals surface area (Å²) >= 11 is 0. The zero-order valence-electron chi connectivity index (χ0n) is 11.9. The Kier molecular flexibility index (Phi) is 1.71. The van der Waals surface area contributed by atoms with Gasteiger partial charge in [0.1, 0.15) is 0 Å². The van der Waals surface area contributed by atoms with Crippen molar-refractivity contribution in [1.29, 1.82) is 0 Å². The van der Waals surface area contributed by atoms with Crippen molar-refractivity contribution < 1.29 is 0 Å². The summed E-state index contributed by atoms with van der Waals surface area (Å²) < 4.78 is 0. The summed E-state index contributed by atoms with van der Waals surface area (Å²) in [5, 5.41) is 8.02. The van der Waals surface area contributed by atoms with E-state index < -0.39 is 0 Å². The second kappa shape index (κ2) is 3.48. The van der Waals surface area contributed by atoms with Crippen LogP contribution < -0.4 is 0 Å². The lowest BCUT2D eigenvalue weighted by molar-refractivity contribution is 1.70. The molecule has 0 nitrogen and oxygen atoms in total. The van der Waals surface area contributed by atoms with E-state index in [1.165, 1.54) is 54.6 Å². The lowest BCUT2D eigenvalue weighted by Gasteiger charge is -2.12. The minimum absolute atomic E-state index is 1.22.